The number of nitrogens with one attached hydrogen (secondary N) is 2. The van der Waals surface area contributed by atoms with Gasteiger partial charge in [-0.2, -0.15) is 0 Å². The number of nitrogens with zero attached hydrogens (tertiary/aromatic N) is 2. The number of carboxylic acids is 1. The molecule has 1 amide bonds. The maximum atomic E-state index is 12.5. The Morgan fingerprint density at radius 3 is 2.52 bits per heavy atom. The third-order valence-corrected chi connectivity index (χ3v) is 4.28. The van der Waals surface area contributed by atoms with Crippen molar-refractivity contribution in [3.8, 4) is 0 Å². The van der Waals surface area contributed by atoms with Crippen LogP contribution in [0.4, 0.5) is 0 Å². The van der Waals surface area contributed by atoms with E-state index in [9.17, 15) is 24.3 Å². The first-order chi connectivity index (χ1) is 14.4. The Balaban J connectivity index is 1.76. The summed E-state index contributed by atoms with van der Waals surface area (Å²) in [5, 5.41) is 14.3. The van der Waals surface area contributed by atoms with Gasteiger partial charge in [0.15, 0.2) is 11.3 Å². The molecule has 0 unspecified atom stereocenters. The van der Waals surface area contributed by atoms with Crippen molar-refractivity contribution in [2.45, 2.75) is 39.8 Å². The monoisotopic (exact) mass is 426 g/mol. The maximum absolute atomic E-state index is 12.5. The van der Waals surface area contributed by atoms with E-state index in [1.807, 2.05) is 0 Å². The molecule has 0 saturated heterocycles. The summed E-state index contributed by atoms with van der Waals surface area (Å²) in [6.45, 7) is 7.26. The van der Waals surface area contributed by atoms with E-state index in [0.717, 1.165) is 22.2 Å². The van der Waals surface area contributed by atoms with Crippen LogP contribution < -0.4 is 10.9 Å². The number of hydrogen-bond acceptors (Lipinski definition) is 6. The standard InChI is InChI=1S/C21H22N4O6/c1-11-7-12(5-6-13(11)20(30)31-21(2,3)4)10-22-18(27)14-8-15(19(28)29)25-16(23-14)9-17(26)24-25/h5-9H,10H2,1-4H3,(H,22,27)(H,24,26)(H,28,29). The van der Waals surface area contributed by atoms with Crippen molar-refractivity contribution in [2.24, 2.45) is 0 Å². The van der Waals surface area contributed by atoms with E-state index in [1.165, 1.54) is 0 Å². The molecular weight excluding hydrogens is 404 g/mol. The van der Waals surface area contributed by atoms with Crippen molar-refractivity contribution in [3.05, 3.63) is 68.8 Å². The molecule has 31 heavy (non-hydrogen) atoms. The number of carboxylic acid groups (broad SMARTS) is 1. The highest BCUT2D eigenvalue weighted by atomic mass is 16.6. The van der Waals surface area contributed by atoms with E-state index in [4.69, 9.17) is 4.74 Å². The minimum Gasteiger partial charge on any atom is -0.477 e. The number of benzene rings is 1. The lowest BCUT2D eigenvalue weighted by Gasteiger charge is -2.20. The Morgan fingerprint density at radius 1 is 1.19 bits per heavy atom. The summed E-state index contributed by atoms with van der Waals surface area (Å²) in [7, 11) is 0. The average molecular weight is 426 g/mol. The molecule has 0 fully saturated rings. The minimum absolute atomic E-state index is 0.0209. The number of fused-ring (bicyclic) bond motifs is 1. The molecule has 10 heteroatoms. The molecule has 0 bridgehead atoms. The molecule has 0 spiro atoms. The number of amides is 1. The molecule has 162 valence electrons. The quantitative estimate of drug-likeness (QED) is 0.529. The van der Waals surface area contributed by atoms with Crippen molar-refractivity contribution >= 4 is 23.5 Å². The lowest BCUT2D eigenvalue weighted by molar-refractivity contribution is 0.00684. The number of H-pyrrole nitrogens is 1. The predicted molar refractivity (Wildman–Crippen MR) is 110 cm³/mol. The highest BCUT2D eigenvalue weighted by Gasteiger charge is 2.20. The lowest BCUT2D eigenvalue weighted by Crippen LogP contribution is -2.26. The smallest absolute Gasteiger partial charge is 0.354 e. The Kier molecular flexibility index (Phi) is 5.65. The second-order valence-corrected chi connectivity index (χ2v) is 7.98. The molecule has 3 N–H and O–H groups in total. The van der Waals surface area contributed by atoms with E-state index in [1.54, 1.807) is 45.9 Å². The summed E-state index contributed by atoms with van der Waals surface area (Å²) in [5.41, 5.74) is 0.301. The lowest BCUT2D eigenvalue weighted by atomic mass is 10.0. The van der Waals surface area contributed by atoms with Gasteiger partial charge in [-0.1, -0.05) is 12.1 Å². The Bertz CT molecular complexity index is 1250. The van der Waals surface area contributed by atoms with Crippen molar-refractivity contribution < 1.29 is 24.2 Å². The Morgan fingerprint density at radius 2 is 1.90 bits per heavy atom. The van der Waals surface area contributed by atoms with Crippen molar-refractivity contribution in [1.82, 2.24) is 19.9 Å². The predicted octanol–water partition coefficient (Wildman–Crippen LogP) is 1.91. The highest BCUT2D eigenvalue weighted by molar-refractivity contribution is 5.96. The zero-order chi connectivity index (χ0) is 22.9. The number of ether oxygens (including phenoxy) is 1. The molecule has 2 aromatic heterocycles. The number of aryl methyl sites for hydroxylation is 1. The van der Waals surface area contributed by atoms with Gasteiger partial charge in [-0.15, -0.1) is 0 Å². The third kappa shape index (κ3) is 4.97. The molecular formula is C21H22N4O6. The molecule has 0 radical (unpaired) electrons. The number of carbonyl (C=O) groups excluding carboxylic acids is 2. The first kappa shape index (κ1) is 21.8. The van der Waals surface area contributed by atoms with E-state index in [2.05, 4.69) is 15.4 Å². The molecule has 2 heterocycles. The summed E-state index contributed by atoms with van der Waals surface area (Å²) in [6, 6.07) is 7.26. The number of carbonyl (C=O) groups is 3. The van der Waals surface area contributed by atoms with E-state index in [0.29, 0.717) is 11.1 Å². The fraction of sp³-hybridized carbons (Fsp3) is 0.286. The largest absolute Gasteiger partial charge is 0.477 e. The Hall–Kier alpha value is -3.95. The second-order valence-electron chi connectivity index (χ2n) is 7.98. The molecule has 3 rings (SSSR count). The second kappa shape index (κ2) is 8.05. The maximum Gasteiger partial charge on any atom is 0.354 e. The van der Waals surface area contributed by atoms with Crippen LogP contribution in [0.3, 0.4) is 0 Å². The van der Waals surface area contributed by atoms with Crippen LogP contribution >= 0.6 is 0 Å². The van der Waals surface area contributed by atoms with Crippen LogP contribution in [0, 0.1) is 6.92 Å². The SMILES string of the molecule is Cc1cc(CNC(=O)c2cc(C(=O)O)n3[nH]c(=O)cc3n2)ccc1C(=O)OC(C)(C)C. The van der Waals surface area contributed by atoms with Gasteiger partial charge >= 0.3 is 11.9 Å². The summed E-state index contributed by atoms with van der Waals surface area (Å²) in [4.78, 5) is 51.8. The van der Waals surface area contributed by atoms with Crippen LogP contribution in [0.5, 0.6) is 0 Å². The van der Waals surface area contributed by atoms with Gasteiger partial charge in [0.2, 0.25) is 0 Å². The van der Waals surface area contributed by atoms with Gasteiger partial charge in [-0.05, 0) is 44.9 Å². The first-order valence-electron chi connectivity index (χ1n) is 9.42. The fourth-order valence-corrected chi connectivity index (χ4v) is 2.94. The zero-order valence-electron chi connectivity index (χ0n) is 17.5. The number of aromatic amines is 1. The molecule has 0 aliphatic heterocycles. The fourth-order valence-electron chi connectivity index (χ4n) is 2.94. The number of aromatic carboxylic acids is 1. The van der Waals surface area contributed by atoms with Gasteiger partial charge in [0.1, 0.15) is 11.3 Å². The van der Waals surface area contributed by atoms with Crippen LogP contribution in [0.25, 0.3) is 5.65 Å². The first-order valence-corrected chi connectivity index (χ1v) is 9.42. The van der Waals surface area contributed by atoms with Gasteiger partial charge in [-0.25, -0.2) is 19.1 Å². The van der Waals surface area contributed by atoms with Crippen molar-refractivity contribution in [3.63, 3.8) is 0 Å². The van der Waals surface area contributed by atoms with Gasteiger partial charge in [-0.3, -0.25) is 14.7 Å². The third-order valence-electron chi connectivity index (χ3n) is 4.28. The number of hydrogen-bond donors (Lipinski definition) is 3. The van der Waals surface area contributed by atoms with Crippen LogP contribution in [0.2, 0.25) is 0 Å². The minimum atomic E-state index is -1.32. The molecule has 0 aliphatic carbocycles. The average Bonchev–Trinajstić information content (AvgIpc) is 3.03. The van der Waals surface area contributed by atoms with Crippen LogP contribution in [0.1, 0.15) is 63.2 Å². The number of rotatable bonds is 5. The van der Waals surface area contributed by atoms with Crippen LogP contribution in [-0.4, -0.2) is 43.2 Å². The van der Waals surface area contributed by atoms with Gasteiger partial charge in [0, 0.05) is 18.7 Å². The number of esters is 1. The van der Waals surface area contributed by atoms with Gasteiger partial charge in [0.25, 0.3) is 11.5 Å². The van der Waals surface area contributed by atoms with Crippen molar-refractivity contribution in [1.29, 1.82) is 0 Å². The highest BCUT2D eigenvalue weighted by Crippen LogP contribution is 2.17. The van der Waals surface area contributed by atoms with Crippen LogP contribution in [-0.2, 0) is 11.3 Å². The molecule has 10 nitrogen and oxygen atoms in total. The zero-order valence-corrected chi connectivity index (χ0v) is 17.5. The molecule has 0 saturated carbocycles. The van der Waals surface area contributed by atoms with E-state index < -0.39 is 29.0 Å². The molecule has 0 atom stereocenters. The summed E-state index contributed by atoms with van der Waals surface area (Å²) in [6.07, 6.45) is 0. The van der Waals surface area contributed by atoms with Crippen LogP contribution in [0.15, 0.2) is 35.1 Å². The van der Waals surface area contributed by atoms with E-state index in [-0.39, 0.29) is 23.6 Å². The summed E-state index contributed by atoms with van der Waals surface area (Å²) >= 11 is 0. The van der Waals surface area contributed by atoms with Gasteiger partial charge in [0.05, 0.1) is 5.56 Å². The summed E-state index contributed by atoms with van der Waals surface area (Å²) in [5.74, 6) is -2.35. The molecule has 0 aliphatic rings. The summed E-state index contributed by atoms with van der Waals surface area (Å²) < 4.78 is 6.38. The molecule has 3 aromatic rings. The van der Waals surface area contributed by atoms with E-state index >= 15 is 0 Å². The van der Waals surface area contributed by atoms with Gasteiger partial charge < -0.3 is 15.2 Å². The normalized spacial score (nSPS) is 11.4. The molecule has 1 aromatic carbocycles. The topological polar surface area (TPSA) is 143 Å². The van der Waals surface area contributed by atoms with Crippen molar-refractivity contribution in [2.75, 3.05) is 0 Å². The Labute approximate surface area is 176 Å². The number of aromatic nitrogens is 3.